The van der Waals surface area contributed by atoms with Gasteiger partial charge in [0.15, 0.2) is 6.61 Å². The molecule has 0 aliphatic rings. The van der Waals surface area contributed by atoms with E-state index in [9.17, 15) is 9.59 Å². The summed E-state index contributed by atoms with van der Waals surface area (Å²) in [6.45, 7) is -0.400. The lowest BCUT2D eigenvalue weighted by molar-refractivity contribution is -0.142. The van der Waals surface area contributed by atoms with E-state index in [2.05, 4.69) is 4.74 Å². The van der Waals surface area contributed by atoms with E-state index >= 15 is 0 Å². The molecule has 0 saturated carbocycles. The van der Waals surface area contributed by atoms with Crippen LogP contribution in [0.5, 0.6) is 0 Å². The van der Waals surface area contributed by atoms with Gasteiger partial charge in [0.05, 0.1) is 0 Å². The predicted molar refractivity (Wildman–Crippen MR) is 78.9 cm³/mol. The van der Waals surface area contributed by atoms with Crippen LogP contribution < -0.4 is 5.73 Å². The minimum Gasteiger partial charge on any atom is -0.452 e. The Morgan fingerprint density at radius 2 is 1.90 bits per heavy atom. The van der Waals surface area contributed by atoms with Gasteiger partial charge < -0.3 is 10.5 Å². The number of hydrogen-bond donors (Lipinski definition) is 1. The molecule has 1 aromatic carbocycles. The summed E-state index contributed by atoms with van der Waals surface area (Å²) in [4.78, 5) is 23.8. The topological polar surface area (TPSA) is 69.4 Å². The number of benzene rings is 1. The highest BCUT2D eigenvalue weighted by molar-refractivity contribution is 7.16. The molecule has 0 aliphatic carbocycles. The van der Waals surface area contributed by atoms with Crippen LogP contribution in [0.15, 0.2) is 48.5 Å². The van der Waals surface area contributed by atoms with Crippen molar-refractivity contribution in [1.82, 2.24) is 0 Å². The molecule has 1 heterocycles. The van der Waals surface area contributed by atoms with Crippen molar-refractivity contribution in [3.8, 4) is 10.4 Å². The Labute approximate surface area is 120 Å². The van der Waals surface area contributed by atoms with E-state index in [0.29, 0.717) is 0 Å². The summed E-state index contributed by atoms with van der Waals surface area (Å²) in [5.41, 5.74) is 6.01. The molecule has 0 radical (unpaired) electrons. The molecule has 0 saturated heterocycles. The Balaban J connectivity index is 1.99. The predicted octanol–water partition coefficient (Wildman–Crippen LogP) is 2.46. The van der Waals surface area contributed by atoms with E-state index in [4.69, 9.17) is 5.73 Å². The molecule has 0 atom stereocenters. The van der Waals surface area contributed by atoms with Gasteiger partial charge in [0.2, 0.25) is 0 Å². The molecular weight excluding hydrogens is 274 g/mol. The van der Waals surface area contributed by atoms with Crippen LogP contribution in [0.25, 0.3) is 16.5 Å². The van der Waals surface area contributed by atoms with Crippen LogP contribution in [0, 0.1) is 0 Å². The van der Waals surface area contributed by atoms with Crippen molar-refractivity contribution in [3.05, 3.63) is 53.4 Å². The van der Waals surface area contributed by atoms with Gasteiger partial charge in [0.1, 0.15) is 0 Å². The second kappa shape index (κ2) is 6.68. The molecule has 102 valence electrons. The van der Waals surface area contributed by atoms with Gasteiger partial charge in [-0.25, -0.2) is 4.79 Å². The molecule has 5 heteroatoms. The third-order valence-electron chi connectivity index (χ3n) is 2.43. The smallest absolute Gasteiger partial charge is 0.331 e. The molecule has 2 rings (SSSR count). The lowest BCUT2D eigenvalue weighted by Gasteiger charge is -1.96. The van der Waals surface area contributed by atoms with Gasteiger partial charge in [0.25, 0.3) is 5.91 Å². The van der Waals surface area contributed by atoms with Gasteiger partial charge in [-0.05, 0) is 23.8 Å². The Morgan fingerprint density at radius 1 is 1.15 bits per heavy atom. The van der Waals surface area contributed by atoms with Crippen LogP contribution in [0.4, 0.5) is 0 Å². The number of hydrogen-bond acceptors (Lipinski definition) is 4. The van der Waals surface area contributed by atoms with E-state index < -0.39 is 18.5 Å². The summed E-state index contributed by atoms with van der Waals surface area (Å²) < 4.78 is 4.62. The summed E-state index contributed by atoms with van der Waals surface area (Å²) in [5.74, 6) is -1.26. The Kier molecular flexibility index (Phi) is 4.68. The third-order valence-corrected chi connectivity index (χ3v) is 3.53. The first-order valence-electron chi connectivity index (χ1n) is 5.93. The van der Waals surface area contributed by atoms with Crippen LogP contribution in [-0.2, 0) is 14.3 Å². The van der Waals surface area contributed by atoms with Crippen LogP contribution in [0.1, 0.15) is 4.88 Å². The maximum Gasteiger partial charge on any atom is 0.331 e. The molecule has 2 N–H and O–H groups in total. The maximum atomic E-state index is 11.3. The molecule has 0 bridgehead atoms. The number of rotatable bonds is 5. The number of amides is 1. The first-order chi connectivity index (χ1) is 9.65. The molecule has 20 heavy (non-hydrogen) atoms. The fraction of sp³-hybridized carbons (Fsp3) is 0.0667. The highest BCUT2D eigenvalue weighted by Crippen LogP contribution is 2.28. The van der Waals surface area contributed by atoms with Gasteiger partial charge in [-0.2, -0.15) is 0 Å². The minimum atomic E-state index is -0.672. The number of nitrogens with two attached hydrogens (primary N) is 1. The first kappa shape index (κ1) is 14.0. The normalized spacial score (nSPS) is 10.6. The standard InChI is InChI=1S/C15H13NO3S/c16-14(17)10-19-15(18)9-7-12-6-8-13(20-12)11-4-2-1-3-5-11/h1-9H,10H2,(H2,16,17)/b9-7+. The number of ether oxygens (including phenoxy) is 1. The van der Waals surface area contributed by atoms with Crippen molar-refractivity contribution in [2.75, 3.05) is 6.61 Å². The molecule has 1 aromatic heterocycles. The van der Waals surface area contributed by atoms with Crippen LogP contribution in [0.3, 0.4) is 0 Å². The van der Waals surface area contributed by atoms with E-state index in [1.54, 1.807) is 17.4 Å². The maximum absolute atomic E-state index is 11.3. The highest BCUT2D eigenvalue weighted by Gasteiger charge is 2.02. The average molecular weight is 287 g/mol. The van der Waals surface area contributed by atoms with Crippen molar-refractivity contribution in [3.63, 3.8) is 0 Å². The summed E-state index contributed by atoms with van der Waals surface area (Å²) in [6.07, 6.45) is 2.93. The Hall–Kier alpha value is -2.40. The van der Waals surface area contributed by atoms with Crippen molar-refractivity contribution in [2.45, 2.75) is 0 Å². The summed E-state index contributed by atoms with van der Waals surface area (Å²) in [5, 5.41) is 0. The second-order valence-corrected chi connectivity index (χ2v) is 5.09. The summed E-state index contributed by atoms with van der Waals surface area (Å²) in [6, 6.07) is 13.9. The number of carbonyl (C=O) groups is 2. The SMILES string of the molecule is NC(=O)COC(=O)/C=C/c1ccc(-c2ccccc2)s1. The zero-order valence-corrected chi connectivity index (χ0v) is 11.4. The second-order valence-electron chi connectivity index (χ2n) is 3.98. The first-order valence-corrected chi connectivity index (χ1v) is 6.75. The number of thiophene rings is 1. The van der Waals surface area contributed by atoms with Crippen LogP contribution >= 0.6 is 11.3 Å². The van der Waals surface area contributed by atoms with E-state index in [1.165, 1.54) is 6.08 Å². The quantitative estimate of drug-likeness (QED) is 0.678. The van der Waals surface area contributed by atoms with Crippen molar-refractivity contribution in [1.29, 1.82) is 0 Å². The van der Waals surface area contributed by atoms with Gasteiger partial charge in [-0.1, -0.05) is 30.3 Å². The van der Waals surface area contributed by atoms with Crippen LogP contribution in [-0.4, -0.2) is 18.5 Å². The third kappa shape index (κ3) is 4.07. The number of carbonyl (C=O) groups excluding carboxylic acids is 2. The molecule has 4 nitrogen and oxygen atoms in total. The van der Waals surface area contributed by atoms with Crippen LogP contribution in [0.2, 0.25) is 0 Å². The van der Waals surface area contributed by atoms with Gasteiger partial charge >= 0.3 is 5.97 Å². The Morgan fingerprint density at radius 3 is 2.60 bits per heavy atom. The Bertz CT molecular complexity index is 632. The van der Waals surface area contributed by atoms with Gasteiger partial charge in [0, 0.05) is 15.8 Å². The highest BCUT2D eigenvalue weighted by atomic mass is 32.1. The average Bonchev–Trinajstić information content (AvgIpc) is 2.93. The number of primary amides is 1. The fourth-order valence-corrected chi connectivity index (χ4v) is 2.46. The molecule has 0 aliphatic heterocycles. The van der Waals surface area contributed by atoms with Gasteiger partial charge in [-0.15, -0.1) is 11.3 Å². The van der Waals surface area contributed by atoms with Crippen molar-refractivity contribution >= 4 is 29.3 Å². The molecule has 0 spiro atoms. The van der Waals surface area contributed by atoms with E-state index in [0.717, 1.165) is 15.3 Å². The largest absolute Gasteiger partial charge is 0.452 e. The summed E-state index contributed by atoms with van der Waals surface area (Å²) >= 11 is 1.57. The lowest BCUT2D eigenvalue weighted by atomic mass is 10.2. The molecular formula is C15H13NO3S. The molecule has 1 amide bonds. The van der Waals surface area contributed by atoms with Crippen molar-refractivity contribution < 1.29 is 14.3 Å². The molecule has 2 aromatic rings. The molecule has 0 fully saturated rings. The van der Waals surface area contributed by atoms with Gasteiger partial charge in [-0.3, -0.25) is 4.79 Å². The zero-order valence-electron chi connectivity index (χ0n) is 10.6. The fourth-order valence-electron chi connectivity index (χ4n) is 1.54. The minimum absolute atomic E-state index is 0.400. The summed E-state index contributed by atoms with van der Waals surface area (Å²) in [7, 11) is 0. The van der Waals surface area contributed by atoms with E-state index in [1.807, 2.05) is 42.5 Å². The van der Waals surface area contributed by atoms with E-state index in [-0.39, 0.29) is 0 Å². The monoisotopic (exact) mass is 287 g/mol. The zero-order chi connectivity index (χ0) is 14.4. The van der Waals surface area contributed by atoms with Crippen molar-refractivity contribution in [2.24, 2.45) is 5.73 Å². The number of esters is 1. The molecule has 0 unspecified atom stereocenters. The lowest BCUT2D eigenvalue weighted by Crippen LogP contribution is -2.19.